The van der Waals surface area contributed by atoms with Gasteiger partial charge >= 0.3 is 0 Å². The van der Waals surface area contributed by atoms with Crippen LogP contribution in [0.4, 0.5) is 21.5 Å². The Labute approximate surface area is 229 Å². The largest absolute Gasteiger partial charge is 0.350 e. The summed E-state index contributed by atoms with van der Waals surface area (Å²) in [5.74, 6) is -1.64. The van der Waals surface area contributed by atoms with Gasteiger partial charge in [-0.25, -0.2) is 9.29 Å². The lowest BCUT2D eigenvalue weighted by Crippen LogP contribution is -2.32. The van der Waals surface area contributed by atoms with Crippen LogP contribution in [0.2, 0.25) is 0 Å². The average Bonchev–Trinajstić information content (AvgIpc) is 3.16. The predicted octanol–water partition coefficient (Wildman–Crippen LogP) is 6.68. The second kappa shape index (κ2) is 11.0. The van der Waals surface area contributed by atoms with Crippen molar-refractivity contribution in [3.63, 3.8) is 0 Å². The fourth-order valence-electron chi connectivity index (χ4n) is 4.02. The summed E-state index contributed by atoms with van der Waals surface area (Å²) in [6, 6.07) is 26.8. The number of benzene rings is 4. The van der Waals surface area contributed by atoms with Gasteiger partial charge in [0.2, 0.25) is 0 Å². The van der Waals surface area contributed by atoms with Crippen LogP contribution in [-0.4, -0.2) is 17.7 Å². The molecule has 1 aliphatic heterocycles. The molecular weight excluding hydrogens is 513 g/mol. The van der Waals surface area contributed by atoms with Gasteiger partial charge in [0, 0.05) is 21.8 Å². The van der Waals surface area contributed by atoms with Gasteiger partial charge in [-0.15, -0.1) is 0 Å². The van der Waals surface area contributed by atoms with Gasteiger partial charge in [-0.2, -0.15) is 0 Å². The zero-order valence-corrected chi connectivity index (χ0v) is 22.0. The minimum atomic E-state index is -0.435. The average molecular weight is 538 g/mol. The highest BCUT2D eigenvalue weighted by Crippen LogP contribution is 2.38. The van der Waals surface area contributed by atoms with Crippen LogP contribution in [0.25, 0.3) is 0 Å². The number of para-hydroxylation sites is 1. The van der Waals surface area contributed by atoms with Crippen molar-refractivity contribution in [1.82, 2.24) is 0 Å². The van der Waals surface area contributed by atoms with E-state index in [9.17, 15) is 18.8 Å². The molecule has 1 aliphatic rings. The second-order valence-corrected chi connectivity index (χ2v) is 10.1. The Bertz CT molecular complexity index is 1600. The summed E-state index contributed by atoms with van der Waals surface area (Å²) in [5.41, 5.74) is 4.45. The van der Waals surface area contributed by atoms with E-state index in [1.807, 2.05) is 38.1 Å². The first kappa shape index (κ1) is 25.9. The lowest BCUT2D eigenvalue weighted by molar-refractivity contribution is -0.120. The zero-order chi connectivity index (χ0) is 27.5. The van der Waals surface area contributed by atoms with Crippen LogP contribution < -0.4 is 15.5 Å². The molecule has 6 nitrogen and oxygen atoms in total. The maximum absolute atomic E-state index is 13.5. The highest BCUT2D eigenvalue weighted by Gasteiger charge is 2.40. The van der Waals surface area contributed by atoms with Crippen molar-refractivity contribution < 1.29 is 18.8 Å². The fourth-order valence-corrected chi connectivity index (χ4v) is 4.95. The monoisotopic (exact) mass is 537 g/mol. The minimum absolute atomic E-state index is 0.200. The second-order valence-electron chi connectivity index (χ2n) is 9.00. The molecule has 8 heteroatoms. The van der Waals surface area contributed by atoms with Crippen molar-refractivity contribution >= 4 is 46.5 Å². The Hall–Kier alpha value is -4.69. The summed E-state index contributed by atoms with van der Waals surface area (Å²) in [5, 5.41) is 5.95. The number of carbonyl (C=O) groups is 3. The standard InChI is InChI=1S/C31H24FN3O3S/c1-19-8-13-24(18-20(19)2)33-27-28(31(38)35(30(27)37)25-6-4-3-5-7-25)39-26-16-14-23(15-17-26)34-29(36)21-9-11-22(32)12-10-21/h3-18,33H,1-2H3,(H,34,36). The molecule has 0 atom stereocenters. The lowest BCUT2D eigenvalue weighted by atomic mass is 10.1. The zero-order valence-electron chi connectivity index (χ0n) is 21.2. The molecule has 4 aromatic rings. The van der Waals surface area contributed by atoms with Crippen molar-refractivity contribution in [1.29, 1.82) is 0 Å². The number of rotatable bonds is 7. The first-order valence-corrected chi connectivity index (χ1v) is 13.0. The molecule has 0 bridgehead atoms. The van der Waals surface area contributed by atoms with Crippen LogP contribution in [0.1, 0.15) is 21.5 Å². The van der Waals surface area contributed by atoms with Gasteiger partial charge in [0.1, 0.15) is 16.4 Å². The Kier molecular flexibility index (Phi) is 7.29. The number of thioether (sulfide) groups is 1. The van der Waals surface area contributed by atoms with Crippen LogP contribution in [0.3, 0.4) is 0 Å². The van der Waals surface area contributed by atoms with Crippen molar-refractivity contribution in [2.45, 2.75) is 18.7 Å². The molecule has 0 radical (unpaired) electrons. The van der Waals surface area contributed by atoms with Gasteiger partial charge in [-0.05, 0) is 97.8 Å². The normalized spacial score (nSPS) is 13.2. The number of hydrogen-bond donors (Lipinski definition) is 2. The van der Waals surface area contributed by atoms with Crippen molar-refractivity contribution in [2.24, 2.45) is 0 Å². The Morgan fingerprint density at radius 2 is 1.44 bits per heavy atom. The molecule has 0 saturated carbocycles. The number of aryl methyl sites for hydroxylation is 2. The quantitative estimate of drug-likeness (QED) is 0.257. The number of amides is 3. The van der Waals surface area contributed by atoms with Gasteiger partial charge < -0.3 is 10.6 Å². The number of anilines is 3. The fraction of sp³-hybridized carbons (Fsp3) is 0.0645. The SMILES string of the molecule is Cc1ccc(NC2=C(Sc3ccc(NC(=O)c4ccc(F)cc4)cc3)C(=O)N(c3ccccc3)C2=O)cc1C. The summed E-state index contributed by atoms with van der Waals surface area (Å²) in [4.78, 5) is 41.6. The van der Waals surface area contributed by atoms with E-state index < -0.39 is 17.6 Å². The van der Waals surface area contributed by atoms with Crippen molar-refractivity contribution in [2.75, 3.05) is 15.5 Å². The molecule has 194 valence electrons. The van der Waals surface area contributed by atoms with Crippen molar-refractivity contribution in [3.05, 3.63) is 130 Å². The lowest BCUT2D eigenvalue weighted by Gasteiger charge is -2.15. The molecule has 39 heavy (non-hydrogen) atoms. The minimum Gasteiger partial charge on any atom is -0.350 e. The van der Waals surface area contributed by atoms with Gasteiger partial charge in [-0.3, -0.25) is 14.4 Å². The van der Waals surface area contributed by atoms with Crippen LogP contribution >= 0.6 is 11.8 Å². The van der Waals surface area contributed by atoms with Crippen LogP contribution in [0.5, 0.6) is 0 Å². The Balaban J connectivity index is 1.41. The third kappa shape index (κ3) is 5.61. The summed E-state index contributed by atoms with van der Waals surface area (Å²) in [6.07, 6.45) is 0. The van der Waals surface area contributed by atoms with Gasteiger partial charge in [-0.1, -0.05) is 36.0 Å². The third-order valence-electron chi connectivity index (χ3n) is 6.27. The first-order valence-electron chi connectivity index (χ1n) is 12.2. The van der Waals surface area contributed by atoms with Gasteiger partial charge in [0.25, 0.3) is 17.7 Å². The van der Waals surface area contributed by atoms with Gasteiger partial charge in [0.05, 0.1) is 5.69 Å². The van der Waals surface area contributed by atoms with E-state index in [1.54, 1.807) is 48.5 Å². The maximum Gasteiger partial charge on any atom is 0.283 e. The number of nitrogens with one attached hydrogen (secondary N) is 2. The van der Waals surface area contributed by atoms with Crippen LogP contribution in [-0.2, 0) is 9.59 Å². The van der Waals surface area contributed by atoms with E-state index in [0.717, 1.165) is 11.1 Å². The molecule has 0 aliphatic carbocycles. The molecule has 2 N–H and O–H groups in total. The highest BCUT2D eigenvalue weighted by atomic mass is 32.2. The number of hydrogen-bond acceptors (Lipinski definition) is 5. The number of nitrogens with zero attached hydrogens (tertiary/aromatic N) is 1. The molecule has 0 unspecified atom stereocenters. The molecule has 4 aromatic carbocycles. The third-order valence-corrected chi connectivity index (χ3v) is 7.36. The number of imide groups is 1. The summed E-state index contributed by atoms with van der Waals surface area (Å²) >= 11 is 1.17. The Morgan fingerprint density at radius 1 is 0.769 bits per heavy atom. The summed E-state index contributed by atoms with van der Waals surface area (Å²) in [7, 11) is 0. The van der Waals surface area contributed by atoms with Crippen LogP contribution in [0, 0.1) is 19.7 Å². The Morgan fingerprint density at radius 3 is 2.10 bits per heavy atom. The molecule has 0 aromatic heterocycles. The molecule has 0 fully saturated rings. The molecule has 5 rings (SSSR count). The number of carbonyl (C=O) groups excluding carboxylic acids is 3. The molecule has 1 heterocycles. The molecule has 3 amide bonds. The molecule has 0 saturated heterocycles. The van der Waals surface area contributed by atoms with Crippen LogP contribution in [0.15, 0.2) is 113 Å². The van der Waals surface area contributed by atoms with E-state index in [2.05, 4.69) is 10.6 Å². The number of halogens is 1. The smallest absolute Gasteiger partial charge is 0.283 e. The van der Waals surface area contributed by atoms with E-state index >= 15 is 0 Å². The maximum atomic E-state index is 13.5. The topological polar surface area (TPSA) is 78.5 Å². The van der Waals surface area contributed by atoms with Crippen molar-refractivity contribution in [3.8, 4) is 0 Å². The van der Waals surface area contributed by atoms with E-state index in [4.69, 9.17) is 0 Å². The molecular formula is C31H24FN3O3S. The summed E-state index contributed by atoms with van der Waals surface area (Å²) in [6.45, 7) is 3.99. The molecule has 0 spiro atoms. The highest BCUT2D eigenvalue weighted by molar-refractivity contribution is 8.04. The first-order chi connectivity index (χ1) is 18.8. The van der Waals surface area contributed by atoms with Gasteiger partial charge in [0.15, 0.2) is 0 Å². The predicted molar refractivity (Wildman–Crippen MR) is 152 cm³/mol. The van der Waals surface area contributed by atoms with E-state index in [-0.39, 0.29) is 16.5 Å². The van der Waals surface area contributed by atoms with E-state index in [0.29, 0.717) is 27.5 Å². The van der Waals surface area contributed by atoms with E-state index in [1.165, 1.54) is 40.9 Å². The summed E-state index contributed by atoms with van der Waals surface area (Å²) < 4.78 is 13.2.